The van der Waals surface area contributed by atoms with E-state index in [4.69, 9.17) is 8.83 Å². The molecular weight excluding hydrogens is 312 g/mol. The minimum atomic E-state index is -0.523. The Balaban J connectivity index is 1.57. The summed E-state index contributed by atoms with van der Waals surface area (Å²) in [4.78, 5) is 35.6. The number of carbonyl (C=O) groups excluding carboxylic acids is 2. The quantitative estimate of drug-likeness (QED) is 0.693. The zero-order valence-corrected chi connectivity index (χ0v) is 12.6. The van der Waals surface area contributed by atoms with Gasteiger partial charge in [0.1, 0.15) is 5.58 Å². The van der Waals surface area contributed by atoms with Crippen LogP contribution in [0.15, 0.2) is 62.4 Å². The molecular formula is C17H14N2O5. The number of benzene rings is 1. The summed E-state index contributed by atoms with van der Waals surface area (Å²) in [6.45, 7) is 0.394. The van der Waals surface area contributed by atoms with Crippen LogP contribution in [-0.2, 0) is 0 Å². The zero-order valence-electron chi connectivity index (χ0n) is 12.6. The number of amides is 2. The lowest BCUT2D eigenvalue weighted by Crippen LogP contribution is -2.34. The van der Waals surface area contributed by atoms with Crippen molar-refractivity contribution in [3.05, 3.63) is 70.5 Å². The Hall–Kier alpha value is -3.35. The fraction of sp³-hybridized carbons (Fsp3) is 0.118. The molecule has 0 radical (unpaired) electrons. The van der Waals surface area contributed by atoms with Gasteiger partial charge in [-0.05, 0) is 24.3 Å². The Kier molecular flexibility index (Phi) is 4.42. The predicted octanol–water partition coefficient (Wildman–Crippen LogP) is 1.55. The highest BCUT2D eigenvalue weighted by Crippen LogP contribution is 2.11. The Morgan fingerprint density at radius 3 is 2.33 bits per heavy atom. The molecule has 3 rings (SSSR count). The van der Waals surface area contributed by atoms with Gasteiger partial charge in [-0.25, -0.2) is 0 Å². The molecule has 0 aliphatic heterocycles. The maximum atomic E-state index is 12.0. The molecule has 2 amide bonds. The van der Waals surface area contributed by atoms with Crippen molar-refractivity contribution in [2.24, 2.45) is 0 Å². The van der Waals surface area contributed by atoms with Gasteiger partial charge in [-0.1, -0.05) is 12.1 Å². The summed E-state index contributed by atoms with van der Waals surface area (Å²) in [6, 6.07) is 11.0. The van der Waals surface area contributed by atoms with Crippen LogP contribution in [0, 0.1) is 0 Å². The molecule has 0 unspecified atom stereocenters. The van der Waals surface area contributed by atoms with Crippen LogP contribution in [0.2, 0.25) is 0 Å². The molecule has 0 spiro atoms. The Bertz CT molecular complexity index is 928. The Labute approximate surface area is 136 Å². The topological polar surface area (TPSA) is 102 Å². The molecule has 0 saturated carbocycles. The van der Waals surface area contributed by atoms with Gasteiger partial charge in [0.2, 0.25) is 0 Å². The van der Waals surface area contributed by atoms with Crippen LogP contribution in [0.25, 0.3) is 11.0 Å². The summed E-state index contributed by atoms with van der Waals surface area (Å²) in [7, 11) is 0. The molecule has 1 aromatic carbocycles. The molecule has 0 aliphatic carbocycles. The van der Waals surface area contributed by atoms with Gasteiger partial charge in [0.15, 0.2) is 16.9 Å². The number of fused-ring (bicyclic) bond motifs is 1. The fourth-order valence-corrected chi connectivity index (χ4v) is 2.15. The molecule has 2 N–H and O–H groups in total. The number of carbonyl (C=O) groups is 2. The highest BCUT2D eigenvalue weighted by atomic mass is 16.3. The standard InChI is InChI=1S/C17H14N2O5/c20-12-10-15(24-13-5-2-1-4-11(12)13)17(22)19-8-7-18-16(21)14-6-3-9-23-14/h1-6,9-10H,7-8H2,(H,18,21)(H,19,22). The minimum absolute atomic E-state index is 0.0731. The summed E-state index contributed by atoms with van der Waals surface area (Å²) in [5, 5.41) is 5.58. The summed E-state index contributed by atoms with van der Waals surface area (Å²) in [5.74, 6) is -0.769. The van der Waals surface area contributed by atoms with Crippen molar-refractivity contribution in [3.8, 4) is 0 Å². The van der Waals surface area contributed by atoms with E-state index in [1.165, 1.54) is 12.3 Å². The van der Waals surface area contributed by atoms with Crippen molar-refractivity contribution in [1.82, 2.24) is 10.6 Å². The van der Waals surface area contributed by atoms with Crippen molar-refractivity contribution in [2.45, 2.75) is 0 Å². The third-order valence-electron chi connectivity index (χ3n) is 3.30. The molecule has 2 heterocycles. The number of hydrogen-bond acceptors (Lipinski definition) is 5. The van der Waals surface area contributed by atoms with Gasteiger partial charge in [0.05, 0.1) is 11.6 Å². The average molecular weight is 326 g/mol. The van der Waals surface area contributed by atoms with E-state index in [9.17, 15) is 14.4 Å². The van der Waals surface area contributed by atoms with E-state index in [1.54, 1.807) is 30.3 Å². The largest absolute Gasteiger partial charge is 0.459 e. The lowest BCUT2D eigenvalue weighted by Gasteiger charge is -2.06. The second kappa shape index (κ2) is 6.82. The van der Waals surface area contributed by atoms with Crippen LogP contribution >= 0.6 is 0 Å². The molecule has 7 nitrogen and oxygen atoms in total. The summed E-state index contributed by atoms with van der Waals surface area (Å²) in [6.07, 6.45) is 1.40. The maximum absolute atomic E-state index is 12.0. The van der Waals surface area contributed by atoms with E-state index in [-0.39, 0.29) is 35.9 Å². The van der Waals surface area contributed by atoms with Crippen molar-refractivity contribution in [1.29, 1.82) is 0 Å². The normalized spacial score (nSPS) is 10.5. The van der Waals surface area contributed by atoms with Gasteiger partial charge in [0, 0.05) is 19.2 Å². The van der Waals surface area contributed by atoms with E-state index >= 15 is 0 Å². The summed E-state index contributed by atoms with van der Waals surface area (Å²) < 4.78 is 10.4. The SMILES string of the molecule is O=C(NCCNC(=O)c1cc(=O)c2ccccc2o1)c1ccco1. The van der Waals surface area contributed by atoms with Crippen molar-refractivity contribution >= 4 is 22.8 Å². The first kappa shape index (κ1) is 15.5. The molecule has 3 aromatic rings. The number of nitrogens with one attached hydrogen (secondary N) is 2. The molecule has 0 fully saturated rings. The second-order valence-corrected chi connectivity index (χ2v) is 4.96. The molecule has 0 bridgehead atoms. The molecule has 24 heavy (non-hydrogen) atoms. The Morgan fingerprint density at radius 2 is 1.62 bits per heavy atom. The zero-order chi connectivity index (χ0) is 16.9. The van der Waals surface area contributed by atoms with Crippen molar-refractivity contribution in [2.75, 3.05) is 13.1 Å². The van der Waals surface area contributed by atoms with E-state index in [2.05, 4.69) is 10.6 Å². The van der Waals surface area contributed by atoms with Crippen molar-refractivity contribution in [3.63, 3.8) is 0 Å². The van der Waals surface area contributed by atoms with E-state index in [0.29, 0.717) is 11.0 Å². The van der Waals surface area contributed by atoms with Crippen LogP contribution in [0.5, 0.6) is 0 Å². The third-order valence-corrected chi connectivity index (χ3v) is 3.30. The number of para-hydroxylation sites is 1. The molecule has 7 heteroatoms. The van der Waals surface area contributed by atoms with E-state index in [0.717, 1.165) is 6.07 Å². The van der Waals surface area contributed by atoms with Gasteiger partial charge in [-0.15, -0.1) is 0 Å². The van der Waals surface area contributed by atoms with Crippen molar-refractivity contribution < 1.29 is 18.4 Å². The van der Waals surface area contributed by atoms with Gasteiger partial charge < -0.3 is 19.5 Å². The fourth-order valence-electron chi connectivity index (χ4n) is 2.15. The molecule has 2 aromatic heterocycles. The summed E-state index contributed by atoms with van der Waals surface area (Å²) in [5.41, 5.74) is 0.0643. The van der Waals surface area contributed by atoms with Gasteiger partial charge in [0.25, 0.3) is 11.8 Å². The maximum Gasteiger partial charge on any atom is 0.287 e. The second-order valence-electron chi connectivity index (χ2n) is 4.96. The Morgan fingerprint density at radius 1 is 0.917 bits per heavy atom. The minimum Gasteiger partial charge on any atom is -0.459 e. The molecule has 0 saturated heterocycles. The highest BCUT2D eigenvalue weighted by Gasteiger charge is 2.12. The monoisotopic (exact) mass is 326 g/mol. The van der Waals surface area contributed by atoms with Gasteiger partial charge >= 0.3 is 0 Å². The lowest BCUT2D eigenvalue weighted by atomic mass is 10.2. The first-order valence-corrected chi connectivity index (χ1v) is 7.28. The lowest BCUT2D eigenvalue weighted by molar-refractivity contribution is 0.0900. The average Bonchev–Trinajstić information content (AvgIpc) is 3.13. The first-order chi connectivity index (χ1) is 11.6. The summed E-state index contributed by atoms with van der Waals surface area (Å²) >= 11 is 0. The van der Waals surface area contributed by atoms with Crippen LogP contribution in [0.4, 0.5) is 0 Å². The number of hydrogen-bond donors (Lipinski definition) is 2. The van der Waals surface area contributed by atoms with E-state index < -0.39 is 5.91 Å². The van der Waals surface area contributed by atoms with Crippen LogP contribution in [0.3, 0.4) is 0 Å². The molecule has 0 aliphatic rings. The smallest absolute Gasteiger partial charge is 0.287 e. The predicted molar refractivity (Wildman–Crippen MR) is 85.9 cm³/mol. The van der Waals surface area contributed by atoms with Crippen LogP contribution < -0.4 is 16.1 Å². The highest BCUT2D eigenvalue weighted by molar-refractivity contribution is 5.93. The van der Waals surface area contributed by atoms with E-state index in [1.807, 2.05) is 0 Å². The first-order valence-electron chi connectivity index (χ1n) is 7.28. The van der Waals surface area contributed by atoms with Gasteiger partial charge in [-0.2, -0.15) is 0 Å². The molecule has 0 atom stereocenters. The molecule has 122 valence electrons. The van der Waals surface area contributed by atoms with Crippen LogP contribution in [-0.4, -0.2) is 24.9 Å². The van der Waals surface area contributed by atoms with Crippen LogP contribution in [0.1, 0.15) is 21.1 Å². The third kappa shape index (κ3) is 3.35. The number of rotatable bonds is 5. The van der Waals surface area contributed by atoms with Gasteiger partial charge in [-0.3, -0.25) is 14.4 Å². The number of furan rings is 1.